The maximum Gasteiger partial charge on any atom is 0.269 e. The van der Waals surface area contributed by atoms with Gasteiger partial charge in [-0.3, -0.25) is 14.2 Å². The molecule has 4 rings (SSSR count). The predicted molar refractivity (Wildman–Crippen MR) is 98.8 cm³/mol. The van der Waals surface area contributed by atoms with Crippen LogP contribution in [0.25, 0.3) is 22.1 Å². The molecular weight excluding hydrogens is 330 g/mol. The van der Waals surface area contributed by atoms with Gasteiger partial charge in [0.05, 0.1) is 28.3 Å². The lowest BCUT2D eigenvalue weighted by atomic mass is 10.3. The molecule has 2 N–H and O–H groups in total. The summed E-state index contributed by atoms with van der Waals surface area (Å²) in [7, 11) is 0. The first-order chi connectivity index (χ1) is 12.7. The molecule has 4 aromatic rings. The molecule has 0 fully saturated rings. The van der Waals surface area contributed by atoms with Crippen molar-refractivity contribution in [3.63, 3.8) is 0 Å². The Morgan fingerprint density at radius 1 is 1.08 bits per heavy atom. The molecule has 0 aliphatic heterocycles. The number of aromatic nitrogens is 4. The van der Waals surface area contributed by atoms with Gasteiger partial charge in [-0.1, -0.05) is 24.3 Å². The number of hydrogen-bond donors (Lipinski definition) is 2. The minimum Gasteiger partial charge on any atom is -0.354 e. The number of benzene rings is 2. The van der Waals surface area contributed by atoms with Gasteiger partial charge in [0, 0.05) is 13.0 Å². The van der Waals surface area contributed by atoms with E-state index in [2.05, 4.69) is 20.3 Å². The fraction of sp³-hybridized carbons (Fsp3) is 0.158. The molecule has 2 aromatic carbocycles. The third kappa shape index (κ3) is 3.19. The number of fused-ring (bicyclic) bond motifs is 2. The number of carbonyl (C=O) groups excluding carboxylic acids is 1. The highest BCUT2D eigenvalue weighted by atomic mass is 16.2. The summed E-state index contributed by atoms with van der Waals surface area (Å²) in [5.41, 5.74) is 2.91. The maximum atomic E-state index is 12.2. The molecule has 0 saturated carbocycles. The summed E-state index contributed by atoms with van der Waals surface area (Å²) >= 11 is 0. The Labute approximate surface area is 148 Å². The molecule has 7 heteroatoms. The molecule has 7 nitrogen and oxygen atoms in total. The third-order valence-electron chi connectivity index (χ3n) is 4.18. The first-order valence-electron chi connectivity index (χ1n) is 8.35. The fourth-order valence-corrected chi connectivity index (χ4v) is 2.92. The zero-order valence-electron chi connectivity index (χ0n) is 14.0. The average molecular weight is 347 g/mol. The summed E-state index contributed by atoms with van der Waals surface area (Å²) < 4.78 is 1.43. The minimum atomic E-state index is -0.295. The van der Waals surface area contributed by atoms with Crippen molar-refractivity contribution >= 4 is 28.0 Å². The highest BCUT2D eigenvalue weighted by Gasteiger charge is 2.09. The number of imidazole rings is 1. The van der Waals surface area contributed by atoms with Gasteiger partial charge in [0.2, 0.25) is 5.91 Å². The van der Waals surface area contributed by atoms with Crippen LogP contribution in [0.2, 0.25) is 0 Å². The fourth-order valence-electron chi connectivity index (χ4n) is 2.92. The highest BCUT2D eigenvalue weighted by Crippen LogP contribution is 2.10. The monoisotopic (exact) mass is 347 g/mol. The zero-order chi connectivity index (χ0) is 17.9. The van der Waals surface area contributed by atoms with E-state index in [-0.39, 0.29) is 18.0 Å². The lowest BCUT2D eigenvalue weighted by molar-refractivity contribution is -0.121. The van der Waals surface area contributed by atoms with E-state index < -0.39 is 0 Å². The van der Waals surface area contributed by atoms with E-state index in [9.17, 15) is 9.59 Å². The van der Waals surface area contributed by atoms with Crippen LogP contribution in [0.4, 0.5) is 0 Å². The Kier molecular flexibility index (Phi) is 4.18. The van der Waals surface area contributed by atoms with E-state index in [1.165, 1.54) is 10.8 Å². The summed E-state index contributed by atoms with van der Waals surface area (Å²) in [6, 6.07) is 15.0. The highest BCUT2D eigenvalue weighted by molar-refractivity contribution is 5.80. The molecule has 0 atom stereocenters. The van der Waals surface area contributed by atoms with Crippen LogP contribution in [0, 0.1) is 0 Å². The quantitative estimate of drug-likeness (QED) is 0.574. The van der Waals surface area contributed by atoms with E-state index >= 15 is 0 Å². The van der Waals surface area contributed by atoms with Crippen LogP contribution < -0.4 is 10.9 Å². The molecular formula is C19H17N5O2. The molecule has 0 bridgehead atoms. The molecule has 0 saturated heterocycles. The average Bonchev–Trinajstić information content (AvgIpc) is 3.07. The second-order valence-corrected chi connectivity index (χ2v) is 5.97. The van der Waals surface area contributed by atoms with E-state index in [1.54, 1.807) is 6.07 Å². The van der Waals surface area contributed by atoms with Gasteiger partial charge >= 0.3 is 0 Å². The number of hydrogen-bond acceptors (Lipinski definition) is 4. The predicted octanol–water partition coefficient (Wildman–Crippen LogP) is 1.63. The number of amides is 1. The summed E-state index contributed by atoms with van der Waals surface area (Å²) in [6.45, 7) is 0.401. The van der Waals surface area contributed by atoms with Crippen LogP contribution in [-0.2, 0) is 17.8 Å². The van der Waals surface area contributed by atoms with E-state index in [4.69, 9.17) is 0 Å². The second-order valence-electron chi connectivity index (χ2n) is 5.97. The second kappa shape index (κ2) is 6.79. The van der Waals surface area contributed by atoms with Crippen molar-refractivity contribution in [1.82, 2.24) is 24.8 Å². The van der Waals surface area contributed by atoms with Gasteiger partial charge < -0.3 is 10.3 Å². The van der Waals surface area contributed by atoms with Gasteiger partial charge in [0.1, 0.15) is 12.4 Å². The summed E-state index contributed by atoms with van der Waals surface area (Å²) in [5, 5.41) is 2.84. The van der Waals surface area contributed by atoms with Crippen molar-refractivity contribution in [2.75, 3.05) is 6.54 Å². The number of carbonyl (C=O) groups is 1. The topological polar surface area (TPSA) is 92.7 Å². The largest absolute Gasteiger partial charge is 0.354 e. The number of rotatable bonds is 5. The van der Waals surface area contributed by atoms with Crippen molar-refractivity contribution in [1.29, 1.82) is 0 Å². The Morgan fingerprint density at radius 2 is 1.85 bits per heavy atom. The van der Waals surface area contributed by atoms with Gasteiger partial charge in [0.25, 0.3) is 5.56 Å². The summed E-state index contributed by atoms with van der Waals surface area (Å²) in [6.07, 6.45) is 1.83. The van der Waals surface area contributed by atoms with Crippen LogP contribution >= 0.6 is 0 Å². The minimum absolute atomic E-state index is 0.0397. The van der Waals surface area contributed by atoms with Gasteiger partial charge in [0.15, 0.2) is 0 Å². The molecule has 2 heterocycles. The van der Waals surface area contributed by atoms with Crippen molar-refractivity contribution in [2.45, 2.75) is 13.0 Å². The number of para-hydroxylation sites is 4. The molecule has 0 unspecified atom stereocenters. The molecule has 0 radical (unpaired) electrons. The van der Waals surface area contributed by atoms with E-state index in [0.29, 0.717) is 24.0 Å². The molecule has 26 heavy (non-hydrogen) atoms. The molecule has 0 aliphatic carbocycles. The van der Waals surface area contributed by atoms with Crippen molar-refractivity contribution < 1.29 is 4.79 Å². The van der Waals surface area contributed by atoms with Crippen LogP contribution in [0.1, 0.15) is 5.82 Å². The molecule has 0 spiro atoms. The molecule has 2 aromatic heterocycles. The normalized spacial score (nSPS) is 11.1. The molecule has 1 amide bonds. The van der Waals surface area contributed by atoms with E-state index in [1.807, 2.05) is 42.5 Å². The number of aromatic amines is 1. The Morgan fingerprint density at radius 3 is 2.69 bits per heavy atom. The van der Waals surface area contributed by atoms with Gasteiger partial charge in [-0.05, 0) is 24.3 Å². The van der Waals surface area contributed by atoms with Crippen LogP contribution in [0.5, 0.6) is 0 Å². The summed E-state index contributed by atoms with van der Waals surface area (Å²) in [5.74, 6) is 0.595. The Balaban J connectivity index is 1.41. The van der Waals surface area contributed by atoms with Crippen LogP contribution in [-0.4, -0.2) is 32.0 Å². The van der Waals surface area contributed by atoms with Crippen LogP contribution in [0.15, 0.2) is 59.5 Å². The third-order valence-corrected chi connectivity index (χ3v) is 4.18. The van der Waals surface area contributed by atoms with Gasteiger partial charge in [-0.25, -0.2) is 9.97 Å². The van der Waals surface area contributed by atoms with Gasteiger partial charge in [-0.2, -0.15) is 0 Å². The summed E-state index contributed by atoms with van der Waals surface area (Å²) in [4.78, 5) is 36.1. The maximum absolute atomic E-state index is 12.2. The van der Waals surface area contributed by atoms with Crippen molar-refractivity contribution in [3.05, 3.63) is 70.9 Å². The van der Waals surface area contributed by atoms with Crippen LogP contribution in [0.3, 0.4) is 0 Å². The SMILES string of the molecule is O=C(Cn1c(=O)cnc2ccccc21)NCCc1nc2ccccc2[nH]1. The Hall–Kier alpha value is -3.48. The number of H-pyrrole nitrogens is 1. The van der Waals surface area contributed by atoms with Crippen molar-refractivity contribution in [2.24, 2.45) is 0 Å². The van der Waals surface area contributed by atoms with E-state index in [0.717, 1.165) is 16.9 Å². The number of nitrogens with one attached hydrogen (secondary N) is 2. The standard InChI is InChI=1S/C19H17N5O2/c25-18(12-24-16-8-4-3-7-15(16)21-11-19(24)26)20-10-9-17-22-13-5-1-2-6-14(13)23-17/h1-8,11H,9-10,12H2,(H,20,25)(H,22,23). The zero-order valence-corrected chi connectivity index (χ0v) is 14.0. The molecule has 130 valence electrons. The first kappa shape index (κ1) is 16.0. The number of nitrogens with zero attached hydrogens (tertiary/aromatic N) is 3. The lowest BCUT2D eigenvalue weighted by Gasteiger charge is -2.09. The first-order valence-corrected chi connectivity index (χ1v) is 8.35. The Bertz CT molecular complexity index is 1110. The molecule has 0 aliphatic rings. The van der Waals surface area contributed by atoms with Crippen molar-refractivity contribution in [3.8, 4) is 0 Å². The smallest absolute Gasteiger partial charge is 0.269 e. The lowest BCUT2D eigenvalue weighted by Crippen LogP contribution is -2.33. The van der Waals surface area contributed by atoms with Gasteiger partial charge in [-0.15, -0.1) is 0 Å².